The largest absolute Gasteiger partial charge is 0.378 e. The Morgan fingerprint density at radius 1 is 1.12 bits per heavy atom. The normalized spacial score (nSPS) is 17.6. The number of nitrogens with zero attached hydrogens (tertiary/aromatic N) is 2. The lowest BCUT2D eigenvalue weighted by atomic mass is 10.0. The van der Waals surface area contributed by atoms with Crippen LogP contribution < -0.4 is 20.9 Å². The summed E-state index contributed by atoms with van der Waals surface area (Å²) < 4.78 is 0. The van der Waals surface area contributed by atoms with Crippen LogP contribution in [0.5, 0.6) is 0 Å². The van der Waals surface area contributed by atoms with Crippen LogP contribution in [0.25, 0.3) is 0 Å². The monoisotopic (exact) mass is 435 g/mol. The van der Waals surface area contributed by atoms with E-state index in [4.69, 9.17) is 0 Å². The number of benzene rings is 2. The van der Waals surface area contributed by atoms with Crippen LogP contribution in [-0.2, 0) is 22.7 Å². The zero-order valence-electron chi connectivity index (χ0n) is 18.0. The number of hydrogen-bond acceptors (Lipinski definition) is 5. The summed E-state index contributed by atoms with van der Waals surface area (Å²) in [5.74, 6) is -0.975. The molecule has 1 saturated heterocycles. The topological polar surface area (TPSA) is 111 Å². The van der Waals surface area contributed by atoms with Crippen molar-refractivity contribution in [2.45, 2.75) is 32.0 Å². The molecular formula is C23H25N5O4. The summed E-state index contributed by atoms with van der Waals surface area (Å²) in [6.07, 6.45) is 0.549. The van der Waals surface area contributed by atoms with Crippen LogP contribution in [0.1, 0.15) is 34.3 Å². The molecule has 0 spiro atoms. The van der Waals surface area contributed by atoms with Crippen LogP contribution in [0.4, 0.5) is 16.2 Å². The zero-order chi connectivity index (χ0) is 22.8. The number of piperidine rings is 1. The number of carbonyl (C=O) groups is 4. The quantitative estimate of drug-likeness (QED) is 0.621. The molecule has 0 aromatic heterocycles. The minimum atomic E-state index is -0.640. The summed E-state index contributed by atoms with van der Waals surface area (Å²) in [7, 11) is 3.89. The van der Waals surface area contributed by atoms with E-state index in [-0.39, 0.29) is 30.8 Å². The summed E-state index contributed by atoms with van der Waals surface area (Å²) in [5.41, 5.74) is 3.84. The van der Waals surface area contributed by atoms with Crippen LogP contribution in [0.3, 0.4) is 0 Å². The van der Waals surface area contributed by atoms with Gasteiger partial charge in [0, 0.05) is 50.5 Å². The van der Waals surface area contributed by atoms with Crippen molar-refractivity contribution in [3.63, 3.8) is 0 Å². The minimum absolute atomic E-state index is 0.221. The lowest BCUT2D eigenvalue weighted by Crippen LogP contribution is -2.52. The summed E-state index contributed by atoms with van der Waals surface area (Å²) in [6, 6.07) is 11.9. The third-order valence-electron chi connectivity index (χ3n) is 5.69. The molecule has 3 N–H and O–H groups in total. The molecule has 2 aliphatic rings. The molecule has 5 amide bonds. The Labute approximate surface area is 185 Å². The standard InChI is InChI=1S/C23H25N5O4/c1-27(2)17-7-5-16(6-8-17)25-23(32)24-12-14-3-4-15-13-28(22(31)18(15)11-14)19-9-10-20(29)26-21(19)30/h3-8,11,19H,9-10,12-13H2,1-2H3,(H2,24,25,32)(H,26,29,30). The molecule has 2 heterocycles. The Bertz CT molecular complexity index is 1080. The molecule has 0 radical (unpaired) electrons. The fourth-order valence-corrected chi connectivity index (χ4v) is 3.91. The highest BCUT2D eigenvalue weighted by Gasteiger charge is 2.39. The molecule has 1 atom stereocenters. The van der Waals surface area contributed by atoms with Crippen molar-refractivity contribution in [2.75, 3.05) is 24.3 Å². The first-order valence-electron chi connectivity index (χ1n) is 10.4. The second kappa shape index (κ2) is 8.70. The van der Waals surface area contributed by atoms with Gasteiger partial charge in [-0.25, -0.2) is 4.79 Å². The number of hydrogen-bond donors (Lipinski definition) is 3. The highest BCUT2D eigenvalue weighted by atomic mass is 16.2. The van der Waals surface area contributed by atoms with Crippen molar-refractivity contribution >= 4 is 35.1 Å². The van der Waals surface area contributed by atoms with E-state index in [0.29, 0.717) is 24.2 Å². The predicted molar refractivity (Wildman–Crippen MR) is 119 cm³/mol. The van der Waals surface area contributed by atoms with E-state index in [1.807, 2.05) is 55.4 Å². The molecule has 1 unspecified atom stereocenters. The van der Waals surface area contributed by atoms with Crippen LogP contribution in [-0.4, -0.2) is 48.8 Å². The molecular weight excluding hydrogens is 410 g/mol. The molecule has 0 saturated carbocycles. The number of nitrogens with one attached hydrogen (secondary N) is 3. The number of carbonyl (C=O) groups excluding carboxylic acids is 4. The molecule has 2 aliphatic heterocycles. The summed E-state index contributed by atoms with van der Waals surface area (Å²) in [6.45, 7) is 0.582. The maximum absolute atomic E-state index is 12.9. The molecule has 9 heteroatoms. The van der Waals surface area contributed by atoms with E-state index in [1.54, 1.807) is 6.07 Å². The van der Waals surface area contributed by atoms with E-state index in [0.717, 1.165) is 16.8 Å². The Hall–Kier alpha value is -3.88. The number of anilines is 2. The maximum atomic E-state index is 12.9. The fourth-order valence-electron chi connectivity index (χ4n) is 3.91. The van der Waals surface area contributed by atoms with Gasteiger partial charge >= 0.3 is 6.03 Å². The lowest BCUT2D eigenvalue weighted by Gasteiger charge is -2.29. The lowest BCUT2D eigenvalue weighted by molar-refractivity contribution is -0.136. The van der Waals surface area contributed by atoms with Gasteiger partial charge in [-0.2, -0.15) is 0 Å². The van der Waals surface area contributed by atoms with Crippen molar-refractivity contribution in [1.29, 1.82) is 0 Å². The zero-order valence-corrected chi connectivity index (χ0v) is 18.0. The van der Waals surface area contributed by atoms with Crippen molar-refractivity contribution in [1.82, 2.24) is 15.5 Å². The minimum Gasteiger partial charge on any atom is -0.378 e. The first kappa shape index (κ1) is 21.4. The van der Waals surface area contributed by atoms with E-state index in [1.165, 1.54) is 4.90 Å². The van der Waals surface area contributed by atoms with Gasteiger partial charge in [-0.1, -0.05) is 12.1 Å². The van der Waals surface area contributed by atoms with E-state index in [2.05, 4.69) is 16.0 Å². The van der Waals surface area contributed by atoms with Gasteiger partial charge in [0.05, 0.1) is 0 Å². The molecule has 9 nitrogen and oxygen atoms in total. The first-order valence-corrected chi connectivity index (χ1v) is 10.4. The highest BCUT2D eigenvalue weighted by Crippen LogP contribution is 2.28. The average molecular weight is 435 g/mol. The fraction of sp³-hybridized carbons (Fsp3) is 0.304. The SMILES string of the molecule is CN(C)c1ccc(NC(=O)NCc2ccc3c(c2)C(=O)N(C2CCC(=O)NC2=O)C3)cc1. The summed E-state index contributed by atoms with van der Waals surface area (Å²) in [4.78, 5) is 52.1. The Balaban J connectivity index is 1.36. The maximum Gasteiger partial charge on any atom is 0.319 e. The smallest absolute Gasteiger partial charge is 0.319 e. The van der Waals surface area contributed by atoms with Gasteiger partial charge in [0.2, 0.25) is 11.8 Å². The number of imide groups is 1. The van der Waals surface area contributed by atoms with Crippen molar-refractivity contribution in [2.24, 2.45) is 0 Å². The van der Waals surface area contributed by atoms with Gasteiger partial charge in [0.15, 0.2) is 0 Å². The first-order chi connectivity index (χ1) is 15.3. The molecule has 32 heavy (non-hydrogen) atoms. The third kappa shape index (κ3) is 4.41. The number of amides is 5. The van der Waals surface area contributed by atoms with Crippen molar-refractivity contribution < 1.29 is 19.2 Å². The Morgan fingerprint density at radius 2 is 1.88 bits per heavy atom. The molecule has 2 aromatic carbocycles. The van der Waals surface area contributed by atoms with Crippen LogP contribution in [0.15, 0.2) is 42.5 Å². The van der Waals surface area contributed by atoms with E-state index >= 15 is 0 Å². The summed E-state index contributed by atoms with van der Waals surface area (Å²) >= 11 is 0. The van der Waals surface area contributed by atoms with Crippen LogP contribution in [0.2, 0.25) is 0 Å². The molecule has 0 aliphatic carbocycles. The molecule has 166 valence electrons. The summed E-state index contributed by atoms with van der Waals surface area (Å²) in [5, 5.41) is 7.87. The van der Waals surface area contributed by atoms with E-state index < -0.39 is 11.9 Å². The van der Waals surface area contributed by atoms with Gasteiger partial charge in [-0.3, -0.25) is 19.7 Å². The van der Waals surface area contributed by atoms with Gasteiger partial charge in [-0.15, -0.1) is 0 Å². The molecule has 1 fully saturated rings. The second-order valence-corrected chi connectivity index (χ2v) is 8.14. The van der Waals surface area contributed by atoms with Gasteiger partial charge < -0.3 is 20.4 Å². The van der Waals surface area contributed by atoms with Crippen LogP contribution >= 0.6 is 0 Å². The van der Waals surface area contributed by atoms with Crippen LogP contribution in [0, 0.1) is 0 Å². The second-order valence-electron chi connectivity index (χ2n) is 8.14. The highest BCUT2D eigenvalue weighted by molar-refractivity contribution is 6.05. The number of rotatable bonds is 5. The van der Waals surface area contributed by atoms with Gasteiger partial charge in [0.25, 0.3) is 5.91 Å². The van der Waals surface area contributed by atoms with E-state index in [9.17, 15) is 19.2 Å². The number of fused-ring (bicyclic) bond motifs is 1. The van der Waals surface area contributed by atoms with Gasteiger partial charge in [0.1, 0.15) is 6.04 Å². The molecule has 2 aromatic rings. The van der Waals surface area contributed by atoms with Crippen molar-refractivity contribution in [3.05, 3.63) is 59.2 Å². The predicted octanol–water partition coefficient (Wildman–Crippen LogP) is 1.84. The Kier molecular flexibility index (Phi) is 5.81. The van der Waals surface area contributed by atoms with Gasteiger partial charge in [-0.05, 0) is 47.9 Å². The Morgan fingerprint density at radius 3 is 2.56 bits per heavy atom. The number of urea groups is 1. The molecule has 4 rings (SSSR count). The third-order valence-corrected chi connectivity index (χ3v) is 5.69. The van der Waals surface area contributed by atoms with Crippen molar-refractivity contribution in [3.8, 4) is 0 Å². The molecule has 0 bridgehead atoms. The average Bonchev–Trinajstić information content (AvgIpc) is 3.08.